The maximum atomic E-state index is 12.6. The molecule has 2 heterocycles. The van der Waals surface area contributed by atoms with Crippen molar-refractivity contribution in [1.82, 2.24) is 10.2 Å². The zero-order valence-electron chi connectivity index (χ0n) is 14.7. The van der Waals surface area contributed by atoms with Crippen molar-refractivity contribution in [2.24, 2.45) is 0 Å². The van der Waals surface area contributed by atoms with Gasteiger partial charge in [-0.2, -0.15) is 11.3 Å². The average Bonchev–Trinajstić information content (AvgIpc) is 3.35. The highest BCUT2D eigenvalue weighted by Gasteiger charge is 2.24. The highest BCUT2D eigenvalue weighted by molar-refractivity contribution is 7.07. The number of nitrogens with one attached hydrogen (secondary N) is 1. The zero-order valence-corrected chi connectivity index (χ0v) is 15.5. The molecule has 1 aliphatic heterocycles. The van der Waals surface area contributed by atoms with Crippen LogP contribution >= 0.6 is 11.3 Å². The number of thiophene rings is 1. The fourth-order valence-corrected chi connectivity index (χ4v) is 3.91. The number of hydrogen-bond acceptors (Lipinski definition) is 5. The van der Waals surface area contributed by atoms with Gasteiger partial charge in [-0.25, -0.2) is 0 Å². The Morgan fingerprint density at radius 1 is 1.20 bits per heavy atom. The predicted molar refractivity (Wildman–Crippen MR) is 99.7 cm³/mol. The Labute approximate surface area is 152 Å². The standard InChI is InChI=1S/C19H24N2O3S/c1-23-16-9-15(10-17(11-16)24-2)19(22)20-12-18(14-5-8-25-13-14)21-6-3-4-7-21/h5,8-11,13,18H,3-4,6-7,12H2,1-2H3,(H,20,22)/t18-/m1/s1. The Morgan fingerprint density at radius 3 is 2.44 bits per heavy atom. The van der Waals surface area contributed by atoms with E-state index in [1.54, 1.807) is 43.8 Å². The summed E-state index contributed by atoms with van der Waals surface area (Å²) in [6.45, 7) is 2.77. The number of nitrogens with zero attached hydrogens (tertiary/aromatic N) is 1. The number of rotatable bonds is 7. The predicted octanol–water partition coefficient (Wildman–Crippen LogP) is 3.33. The summed E-state index contributed by atoms with van der Waals surface area (Å²) in [7, 11) is 3.16. The lowest BCUT2D eigenvalue weighted by molar-refractivity contribution is 0.0937. The molecule has 0 unspecified atom stereocenters. The van der Waals surface area contributed by atoms with Crippen LogP contribution in [0.25, 0.3) is 0 Å². The van der Waals surface area contributed by atoms with Crippen LogP contribution in [0.15, 0.2) is 35.0 Å². The fraction of sp³-hybridized carbons (Fsp3) is 0.421. The van der Waals surface area contributed by atoms with E-state index in [9.17, 15) is 4.79 Å². The maximum Gasteiger partial charge on any atom is 0.251 e. The summed E-state index contributed by atoms with van der Waals surface area (Å²) in [4.78, 5) is 15.1. The van der Waals surface area contributed by atoms with Crippen LogP contribution in [0, 0.1) is 0 Å². The largest absolute Gasteiger partial charge is 0.497 e. The summed E-state index contributed by atoms with van der Waals surface area (Å²) in [6.07, 6.45) is 2.45. The lowest BCUT2D eigenvalue weighted by atomic mass is 10.1. The van der Waals surface area contributed by atoms with Crippen molar-refractivity contribution in [1.29, 1.82) is 0 Å². The molecule has 1 atom stereocenters. The number of carbonyl (C=O) groups is 1. The first-order valence-electron chi connectivity index (χ1n) is 8.48. The third-order valence-electron chi connectivity index (χ3n) is 4.58. The van der Waals surface area contributed by atoms with E-state index < -0.39 is 0 Å². The van der Waals surface area contributed by atoms with Crippen LogP contribution in [0.5, 0.6) is 11.5 Å². The van der Waals surface area contributed by atoms with E-state index in [2.05, 4.69) is 27.0 Å². The Balaban J connectivity index is 1.71. The maximum absolute atomic E-state index is 12.6. The molecule has 0 aliphatic carbocycles. The lowest BCUT2D eigenvalue weighted by Gasteiger charge is -2.27. The van der Waals surface area contributed by atoms with Crippen LogP contribution in [0.1, 0.15) is 34.8 Å². The minimum Gasteiger partial charge on any atom is -0.497 e. The number of carbonyl (C=O) groups excluding carboxylic acids is 1. The molecule has 0 radical (unpaired) electrons. The van der Waals surface area contributed by atoms with Gasteiger partial charge in [0.2, 0.25) is 0 Å². The first-order valence-corrected chi connectivity index (χ1v) is 9.43. The van der Waals surface area contributed by atoms with E-state index in [0.29, 0.717) is 23.6 Å². The van der Waals surface area contributed by atoms with E-state index in [-0.39, 0.29) is 11.9 Å². The molecule has 1 saturated heterocycles. The first-order chi connectivity index (χ1) is 12.2. The van der Waals surface area contributed by atoms with Gasteiger partial charge < -0.3 is 14.8 Å². The number of methoxy groups -OCH3 is 2. The summed E-state index contributed by atoms with van der Waals surface area (Å²) in [5.41, 5.74) is 1.82. The Morgan fingerprint density at radius 2 is 1.88 bits per heavy atom. The molecule has 1 aliphatic rings. The molecule has 6 heteroatoms. The van der Waals surface area contributed by atoms with Gasteiger partial charge in [0, 0.05) is 18.2 Å². The van der Waals surface area contributed by atoms with Gasteiger partial charge in [0.05, 0.1) is 20.3 Å². The van der Waals surface area contributed by atoms with Gasteiger partial charge in [-0.3, -0.25) is 9.69 Å². The van der Waals surface area contributed by atoms with Crippen molar-refractivity contribution < 1.29 is 14.3 Å². The van der Waals surface area contributed by atoms with Gasteiger partial charge in [-0.15, -0.1) is 0 Å². The molecule has 1 aromatic carbocycles. The average molecular weight is 360 g/mol. The molecule has 3 rings (SSSR count). The summed E-state index contributed by atoms with van der Waals surface area (Å²) in [5, 5.41) is 7.34. The Bertz CT molecular complexity index is 674. The normalized spacial score (nSPS) is 15.8. The van der Waals surface area contributed by atoms with Gasteiger partial charge in [0.15, 0.2) is 0 Å². The highest BCUT2D eigenvalue weighted by atomic mass is 32.1. The molecule has 0 spiro atoms. The zero-order chi connectivity index (χ0) is 17.6. The van der Waals surface area contributed by atoms with Crippen molar-refractivity contribution in [2.75, 3.05) is 33.9 Å². The molecule has 1 fully saturated rings. The van der Waals surface area contributed by atoms with Gasteiger partial charge in [-0.05, 0) is 60.5 Å². The Kier molecular flexibility index (Phi) is 5.94. The molecule has 0 saturated carbocycles. The number of ether oxygens (including phenoxy) is 2. The molecule has 1 N–H and O–H groups in total. The summed E-state index contributed by atoms with van der Waals surface area (Å²) in [5.74, 6) is 1.11. The molecular weight excluding hydrogens is 336 g/mol. The third-order valence-corrected chi connectivity index (χ3v) is 5.28. The van der Waals surface area contributed by atoms with Crippen molar-refractivity contribution in [3.63, 3.8) is 0 Å². The van der Waals surface area contributed by atoms with E-state index >= 15 is 0 Å². The van der Waals surface area contributed by atoms with Crippen molar-refractivity contribution in [3.05, 3.63) is 46.2 Å². The quantitative estimate of drug-likeness (QED) is 0.823. The van der Waals surface area contributed by atoms with Crippen LogP contribution in [-0.4, -0.2) is 44.7 Å². The van der Waals surface area contributed by atoms with Gasteiger partial charge >= 0.3 is 0 Å². The van der Waals surface area contributed by atoms with Crippen LogP contribution < -0.4 is 14.8 Å². The Hall–Kier alpha value is -2.05. The minimum atomic E-state index is -0.114. The van der Waals surface area contributed by atoms with Crippen LogP contribution in [0.3, 0.4) is 0 Å². The smallest absolute Gasteiger partial charge is 0.251 e. The fourth-order valence-electron chi connectivity index (χ4n) is 3.21. The monoisotopic (exact) mass is 360 g/mol. The van der Waals surface area contributed by atoms with Gasteiger partial charge in [0.1, 0.15) is 11.5 Å². The first kappa shape index (κ1) is 17.8. The van der Waals surface area contributed by atoms with Crippen molar-refractivity contribution in [2.45, 2.75) is 18.9 Å². The number of amides is 1. The minimum absolute atomic E-state index is 0.114. The lowest BCUT2D eigenvalue weighted by Crippen LogP contribution is -2.36. The van der Waals surface area contributed by atoms with E-state index in [1.165, 1.54) is 18.4 Å². The molecule has 0 bridgehead atoms. The van der Waals surface area contributed by atoms with Gasteiger partial charge in [0.25, 0.3) is 5.91 Å². The molecular formula is C19H24N2O3S. The number of likely N-dealkylation sites (tertiary alicyclic amines) is 1. The van der Waals surface area contributed by atoms with E-state index in [1.807, 2.05) is 0 Å². The van der Waals surface area contributed by atoms with E-state index in [0.717, 1.165) is 13.1 Å². The second kappa shape index (κ2) is 8.36. The van der Waals surface area contributed by atoms with Gasteiger partial charge in [-0.1, -0.05) is 0 Å². The number of benzene rings is 1. The summed E-state index contributed by atoms with van der Waals surface area (Å²) in [6, 6.07) is 7.59. The summed E-state index contributed by atoms with van der Waals surface area (Å²) >= 11 is 1.69. The third kappa shape index (κ3) is 4.32. The molecule has 134 valence electrons. The molecule has 25 heavy (non-hydrogen) atoms. The molecule has 1 amide bonds. The SMILES string of the molecule is COc1cc(OC)cc(C(=O)NC[C@H](c2ccsc2)N2CCCC2)c1. The van der Waals surface area contributed by atoms with Crippen molar-refractivity contribution in [3.8, 4) is 11.5 Å². The van der Waals surface area contributed by atoms with Crippen LogP contribution in [-0.2, 0) is 0 Å². The molecule has 5 nitrogen and oxygen atoms in total. The van der Waals surface area contributed by atoms with Crippen molar-refractivity contribution >= 4 is 17.2 Å². The molecule has 2 aromatic rings. The van der Waals surface area contributed by atoms with Crippen LogP contribution in [0.2, 0.25) is 0 Å². The van der Waals surface area contributed by atoms with E-state index in [4.69, 9.17) is 9.47 Å². The highest BCUT2D eigenvalue weighted by Crippen LogP contribution is 2.27. The number of hydrogen-bond donors (Lipinski definition) is 1. The van der Waals surface area contributed by atoms with Crippen LogP contribution in [0.4, 0.5) is 0 Å². The molecule has 1 aromatic heterocycles. The second-order valence-electron chi connectivity index (χ2n) is 6.13. The summed E-state index contributed by atoms with van der Waals surface area (Å²) < 4.78 is 10.5. The topological polar surface area (TPSA) is 50.8 Å². The second-order valence-corrected chi connectivity index (χ2v) is 6.91.